The van der Waals surface area contributed by atoms with Crippen LogP contribution in [0, 0.1) is 67.3 Å². The Morgan fingerprint density at radius 3 is 0.951 bits per heavy atom. The van der Waals surface area contributed by atoms with E-state index >= 15 is 8.78 Å². The first-order valence-corrected chi connectivity index (χ1v) is 43.5. The molecule has 0 bridgehead atoms. The van der Waals surface area contributed by atoms with Gasteiger partial charge < -0.3 is 59.8 Å². The molecule has 26 nitrogen and oxygen atoms in total. The largest absolute Gasteiger partial charge is 0.467 e. The number of methoxy groups -OCH3 is 3. The molecule has 0 saturated carbocycles. The van der Waals surface area contributed by atoms with Crippen LogP contribution in [0.3, 0.4) is 0 Å². The molecule has 0 saturated heterocycles. The van der Waals surface area contributed by atoms with Crippen molar-refractivity contribution in [3.05, 3.63) is 302 Å². The number of hydrogen-bond acceptors (Lipinski definition) is 19. The summed E-state index contributed by atoms with van der Waals surface area (Å²) >= 11 is 0. The van der Waals surface area contributed by atoms with Crippen molar-refractivity contribution in [2.24, 2.45) is 28.2 Å². The Balaban J connectivity index is 0.000000191. The fraction of sp³-hybridized carbons (Fsp3) is 0.270. The number of alkyl halides is 9. The Kier molecular flexibility index (Phi) is 31.9. The van der Waals surface area contributed by atoms with E-state index in [9.17, 15) is 114 Å². The highest BCUT2D eigenvalue weighted by molar-refractivity contribution is 6.04. The van der Waals surface area contributed by atoms with Gasteiger partial charge in [0.25, 0.3) is 34.4 Å². The van der Waals surface area contributed by atoms with Crippen molar-refractivity contribution < 1.29 is 118 Å². The molecule has 0 spiro atoms. The lowest BCUT2D eigenvalue weighted by atomic mass is 9.92. The van der Waals surface area contributed by atoms with Gasteiger partial charge in [0.1, 0.15) is 99.5 Å². The predicted octanol–water partition coefficient (Wildman–Crippen LogP) is 17.3. The third-order valence-electron chi connectivity index (χ3n) is 24.2. The molecule has 6 N–H and O–H groups in total. The van der Waals surface area contributed by atoms with Crippen molar-refractivity contribution in [2.45, 2.75) is 128 Å². The van der Waals surface area contributed by atoms with Gasteiger partial charge in [0.15, 0.2) is 0 Å². The minimum Gasteiger partial charge on any atom is -0.467 e. The number of fused-ring (bicyclic) bond motifs is 5. The summed E-state index contributed by atoms with van der Waals surface area (Å²) in [6.45, 7) is 8.25. The van der Waals surface area contributed by atoms with Gasteiger partial charge in [-0.25, -0.2) is 54.3 Å². The van der Waals surface area contributed by atoms with Gasteiger partial charge in [-0.2, -0.15) is 39.5 Å². The summed E-state index contributed by atoms with van der Waals surface area (Å²) in [5.74, 6) is -16.6. The maximum atomic E-state index is 15.0. The van der Waals surface area contributed by atoms with E-state index in [-0.39, 0.29) is 47.1 Å². The molecule has 0 aliphatic rings. The lowest BCUT2D eigenvalue weighted by molar-refractivity contribution is -0.143. The van der Waals surface area contributed by atoms with Crippen molar-refractivity contribution in [3.63, 3.8) is 0 Å². The zero-order chi connectivity index (χ0) is 105. The van der Waals surface area contributed by atoms with Gasteiger partial charge in [-0.15, -0.1) is 0 Å². The molecule has 750 valence electrons. The summed E-state index contributed by atoms with van der Waals surface area (Å²) < 4.78 is 255. The van der Waals surface area contributed by atoms with E-state index in [4.69, 9.17) is 14.2 Å². The average Bonchev–Trinajstić information content (AvgIpc) is 0.762. The van der Waals surface area contributed by atoms with E-state index in [2.05, 4.69) is 30.9 Å². The molecule has 6 heterocycles. The highest BCUT2D eigenvalue weighted by atomic mass is 19.4. The standard InChI is InChI=1S/C35H30F6N4O4.C34H28F6N4O4.C31H30F5N5O5/c1-5-28(35(39,40)41)43-20-15-24(37)30(25(38)16-20)32(46)44-26(34(48)49-4)13-18-8-10-22(31-21(18)7-6-12-42-31)29-17(2)23-14-19(36)9-11-27(23)45(3)33(29)47;1-16-23-13-19(35)8-10-27(23)44(3)32(46)28(16)22-9-7-18(21-6-5-11-41-30(21)22)12-26(33(47)48-4)43-31(45)29-24(36)14-20(15-25(29)37)42-17(2)34(38,39)40;1-6-23(31(34,35)36)38-17-13-20(32)25(21(33)14-17)27(42)39-22(29(44)46-5)12-16-9-10-19(26-18(16)8-7-11-37-26)24-15(2)40(3)30(45)41(4)28(24)43/h6-12,14-16,26,28,43H,5,13H2,1-4H3,(H,44,46);5-11,13-15,17,26,42H,12H2,1-4H3,(H,43,45);7-11,13-14,22-23,38H,6,12H2,1-5H3,(H,39,42)/t26-,28+;17-,26+;22-,23+/m010/s1. The van der Waals surface area contributed by atoms with Gasteiger partial charge in [0.2, 0.25) is 0 Å². The van der Waals surface area contributed by atoms with Crippen LogP contribution in [0.5, 0.6) is 0 Å². The van der Waals surface area contributed by atoms with Crippen LogP contribution in [0.15, 0.2) is 183 Å². The van der Waals surface area contributed by atoms with Crippen LogP contribution < -0.4 is 54.3 Å². The third kappa shape index (κ3) is 22.5. The number of hydrogen-bond donors (Lipinski definition) is 6. The monoisotopic (exact) mass is 2000 g/mol. The smallest absolute Gasteiger partial charge is 0.408 e. The molecule has 43 heteroatoms. The lowest BCUT2D eigenvalue weighted by Gasteiger charge is -2.22. The quantitative estimate of drug-likeness (QED) is 0.0167. The molecule has 143 heavy (non-hydrogen) atoms. The molecule has 8 aromatic carbocycles. The SMILES string of the molecule is CC[C@@H](Nc1cc(F)c(C(=O)N[C@@H](Cc2ccc(-c3c(C)c4cc(F)ccc4n(C)c3=O)c3ncccc23)C(=O)OC)c(F)c1)C(F)(F)F.CC[C@@H](Nc1cc(F)c(C(=O)N[C@@H](Cc2ccc(-c3c(C)n(C)c(=O)n(C)c3=O)c3ncccc23)C(=O)OC)c(F)c1)C(F)(F)F.COC(=O)[C@H](Cc1ccc(-c2c(C)c3cc(F)ccc3n(C)c2=O)c2ncccc12)NC(=O)c1c(F)cc(N[C@H](C)C(F)(F)F)cc1F. The van der Waals surface area contributed by atoms with Crippen molar-refractivity contribution in [1.29, 1.82) is 0 Å². The first kappa shape index (κ1) is 106. The van der Waals surface area contributed by atoms with E-state index in [1.807, 2.05) is 16.0 Å². The van der Waals surface area contributed by atoms with Crippen molar-refractivity contribution in [1.82, 2.24) is 49.2 Å². The normalized spacial score (nSPS) is 12.9. The van der Waals surface area contributed by atoms with E-state index in [1.54, 1.807) is 108 Å². The average molecular weight is 2000 g/mol. The fourth-order valence-electron chi connectivity index (χ4n) is 16.6. The number of amides is 3. The fourth-order valence-corrected chi connectivity index (χ4v) is 16.6. The van der Waals surface area contributed by atoms with Crippen molar-refractivity contribution in [2.75, 3.05) is 37.3 Å². The molecule has 14 rings (SSSR count). The number of anilines is 3. The van der Waals surface area contributed by atoms with Crippen LogP contribution in [-0.2, 0) is 76.0 Å². The Labute approximate surface area is 800 Å². The summed E-state index contributed by atoms with van der Waals surface area (Å²) in [4.78, 5) is 144. The Hall–Kier alpha value is -15.9. The maximum Gasteiger partial charge on any atom is 0.408 e. The van der Waals surface area contributed by atoms with E-state index < -0.39 is 195 Å². The van der Waals surface area contributed by atoms with Crippen LogP contribution in [0.4, 0.5) is 91.7 Å². The lowest BCUT2D eigenvalue weighted by Crippen LogP contribution is -2.43. The predicted molar refractivity (Wildman–Crippen MR) is 498 cm³/mol. The van der Waals surface area contributed by atoms with Crippen molar-refractivity contribution >= 4 is 107 Å². The Morgan fingerprint density at radius 2 is 0.664 bits per heavy atom. The zero-order valence-corrected chi connectivity index (χ0v) is 78.0. The Morgan fingerprint density at radius 1 is 0.371 bits per heavy atom. The van der Waals surface area contributed by atoms with Gasteiger partial charge in [-0.05, 0) is 159 Å². The number of nitrogens with zero attached hydrogens (tertiary/aromatic N) is 7. The number of carbonyl (C=O) groups excluding carboxylic acids is 6. The minimum atomic E-state index is -4.70. The summed E-state index contributed by atoms with van der Waals surface area (Å²) in [5.41, 5.74) is 0.209. The maximum absolute atomic E-state index is 15.0. The van der Waals surface area contributed by atoms with Gasteiger partial charge in [-0.1, -0.05) is 68.4 Å². The number of nitrogens with one attached hydrogen (secondary N) is 6. The molecule has 3 amide bonds. The highest BCUT2D eigenvalue weighted by Crippen LogP contribution is 2.39. The van der Waals surface area contributed by atoms with E-state index in [0.717, 1.165) is 32.8 Å². The molecule has 0 aliphatic carbocycles. The van der Waals surface area contributed by atoms with Crippen LogP contribution in [-0.4, -0.2) is 145 Å². The molecule has 0 radical (unpaired) electrons. The number of carbonyl (C=O) groups is 6. The second-order valence-corrected chi connectivity index (χ2v) is 33.1. The third-order valence-corrected chi connectivity index (χ3v) is 24.2. The zero-order valence-electron chi connectivity index (χ0n) is 78.0. The number of halogens is 17. The minimum absolute atomic E-state index is 0.224. The number of pyridine rings is 5. The second kappa shape index (κ2) is 43.1. The number of esters is 3. The summed E-state index contributed by atoms with van der Waals surface area (Å²) in [7, 11) is 9.16. The molecular weight excluding hydrogens is 1910 g/mol. The van der Waals surface area contributed by atoms with Gasteiger partial charge in [-0.3, -0.25) is 48.3 Å². The van der Waals surface area contributed by atoms with E-state index in [1.165, 1.54) is 96.6 Å². The van der Waals surface area contributed by atoms with Crippen LogP contribution in [0.25, 0.3) is 87.9 Å². The molecule has 6 atom stereocenters. The van der Waals surface area contributed by atoms with Crippen LogP contribution in [0.2, 0.25) is 0 Å². The van der Waals surface area contributed by atoms with E-state index in [0.29, 0.717) is 141 Å². The number of aromatic nitrogens is 7. The second-order valence-electron chi connectivity index (χ2n) is 33.1. The van der Waals surface area contributed by atoms with Crippen LogP contribution >= 0.6 is 0 Å². The summed E-state index contributed by atoms with van der Waals surface area (Å²) in [6, 6.07) is 20.2. The topological polar surface area (TPSA) is 329 Å². The van der Waals surface area contributed by atoms with Crippen molar-refractivity contribution in [3.8, 4) is 33.4 Å². The Bertz CT molecular complexity index is 7610. The molecular formula is C100H88F17N13O13. The number of ether oxygens (including phenoxy) is 3. The summed E-state index contributed by atoms with van der Waals surface area (Å²) in [6.07, 6.45) is -11.1. The number of benzene rings is 8. The van der Waals surface area contributed by atoms with Crippen LogP contribution in [0.1, 0.15) is 98.2 Å². The van der Waals surface area contributed by atoms with Gasteiger partial charge in [0.05, 0.1) is 65.6 Å². The molecule has 0 aliphatic heterocycles. The van der Waals surface area contributed by atoms with Gasteiger partial charge >= 0.3 is 42.1 Å². The number of aryl methyl sites for hydroxylation is 4. The molecule has 6 aromatic heterocycles. The highest BCUT2D eigenvalue weighted by Gasteiger charge is 2.42. The first-order chi connectivity index (χ1) is 67.4. The summed E-state index contributed by atoms with van der Waals surface area (Å²) in [5, 5.41) is 15.2. The first-order valence-electron chi connectivity index (χ1n) is 43.5. The number of rotatable bonds is 26. The molecule has 0 fully saturated rings. The van der Waals surface area contributed by atoms with Gasteiger partial charge in [0, 0.05) is 132 Å². The molecule has 0 unspecified atom stereocenters. The molecule has 14 aromatic rings.